The number of fused-ring (bicyclic) bond motifs is 1. The van der Waals surface area contributed by atoms with E-state index in [0.29, 0.717) is 34.7 Å². The van der Waals surface area contributed by atoms with Crippen molar-refractivity contribution in [2.45, 2.75) is 6.54 Å². The molecule has 2 aromatic rings. The first kappa shape index (κ1) is 11.3. The maximum absolute atomic E-state index is 12.8. The number of pyridine rings is 1. The maximum Gasteiger partial charge on any atom is 0.357 e. The van der Waals surface area contributed by atoms with Crippen LogP contribution in [0.25, 0.3) is 11.4 Å². The lowest BCUT2D eigenvalue weighted by atomic mass is 10.2. The molecule has 2 aromatic heterocycles. The minimum atomic E-state index is -0.422. The summed E-state index contributed by atoms with van der Waals surface area (Å²) in [6, 6.07) is 2.81. The minimum Gasteiger partial charge on any atom is -0.459 e. The van der Waals surface area contributed by atoms with E-state index in [1.807, 2.05) is 0 Å². The molecule has 0 amide bonds. The number of halogens is 2. The van der Waals surface area contributed by atoms with Gasteiger partial charge in [-0.05, 0) is 28.1 Å². The molecule has 0 spiro atoms. The molecule has 0 N–H and O–H groups in total. The third-order valence-electron chi connectivity index (χ3n) is 2.59. The largest absolute Gasteiger partial charge is 0.459 e. The van der Waals surface area contributed by atoms with Crippen molar-refractivity contribution in [2.24, 2.45) is 0 Å². The first-order chi connectivity index (χ1) is 8.66. The van der Waals surface area contributed by atoms with Crippen LogP contribution in [-0.4, -0.2) is 27.3 Å². The fraction of sp³-hybridized carbons (Fsp3) is 0.182. The normalized spacial score (nSPS) is 14.2. The SMILES string of the molecule is O=C1OCCn2nc(-c3ccc(F)cn3)c(Br)c21. The zero-order valence-electron chi connectivity index (χ0n) is 9.06. The highest BCUT2D eigenvalue weighted by atomic mass is 79.9. The van der Waals surface area contributed by atoms with Crippen molar-refractivity contribution in [3.8, 4) is 11.4 Å². The van der Waals surface area contributed by atoms with Gasteiger partial charge in [-0.2, -0.15) is 5.10 Å². The van der Waals surface area contributed by atoms with E-state index < -0.39 is 11.8 Å². The summed E-state index contributed by atoms with van der Waals surface area (Å²) in [4.78, 5) is 15.6. The lowest BCUT2D eigenvalue weighted by molar-refractivity contribution is 0.0410. The number of carbonyl (C=O) groups is 1. The Labute approximate surface area is 110 Å². The second-order valence-corrected chi connectivity index (χ2v) is 4.52. The van der Waals surface area contributed by atoms with Gasteiger partial charge in [0.25, 0.3) is 0 Å². The third-order valence-corrected chi connectivity index (χ3v) is 3.35. The van der Waals surface area contributed by atoms with E-state index >= 15 is 0 Å². The minimum absolute atomic E-state index is 0.302. The van der Waals surface area contributed by atoms with Crippen LogP contribution in [0.4, 0.5) is 4.39 Å². The highest BCUT2D eigenvalue weighted by Crippen LogP contribution is 2.31. The Morgan fingerprint density at radius 1 is 1.44 bits per heavy atom. The standard InChI is InChI=1S/C11H7BrFN3O2/c12-8-9(7-2-1-6(13)5-14-7)15-16-3-4-18-11(17)10(8)16/h1-2,5H,3-4H2. The Balaban J connectivity index is 2.14. The molecule has 0 fully saturated rings. The fourth-order valence-electron chi connectivity index (χ4n) is 1.77. The highest BCUT2D eigenvalue weighted by molar-refractivity contribution is 9.10. The smallest absolute Gasteiger partial charge is 0.357 e. The third kappa shape index (κ3) is 1.71. The van der Waals surface area contributed by atoms with E-state index in [1.54, 1.807) is 4.68 Å². The molecular weight excluding hydrogens is 305 g/mol. The van der Waals surface area contributed by atoms with Crippen molar-refractivity contribution < 1.29 is 13.9 Å². The van der Waals surface area contributed by atoms with Crippen LogP contribution < -0.4 is 0 Å². The summed E-state index contributed by atoms with van der Waals surface area (Å²) in [5.41, 5.74) is 1.37. The molecule has 92 valence electrons. The van der Waals surface area contributed by atoms with Crippen LogP contribution in [0.2, 0.25) is 0 Å². The van der Waals surface area contributed by atoms with Gasteiger partial charge in [0.2, 0.25) is 0 Å². The zero-order chi connectivity index (χ0) is 12.7. The number of esters is 1. The number of hydrogen-bond acceptors (Lipinski definition) is 4. The number of ether oxygens (including phenoxy) is 1. The monoisotopic (exact) mass is 311 g/mol. The molecule has 1 aliphatic heterocycles. The van der Waals surface area contributed by atoms with Crippen LogP contribution in [0, 0.1) is 5.82 Å². The molecule has 5 nitrogen and oxygen atoms in total. The Bertz CT molecular complexity index is 624. The molecule has 0 aromatic carbocycles. The van der Waals surface area contributed by atoms with E-state index in [4.69, 9.17) is 4.74 Å². The van der Waals surface area contributed by atoms with Gasteiger partial charge in [0.15, 0.2) is 5.69 Å². The topological polar surface area (TPSA) is 57.0 Å². The number of aromatic nitrogens is 3. The predicted molar refractivity (Wildman–Crippen MR) is 63.4 cm³/mol. The zero-order valence-corrected chi connectivity index (χ0v) is 10.6. The van der Waals surface area contributed by atoms with Gasteiger partial charge in [0.1, 0.15) is 18.1 Å². The molecule has 7 heteroatoms. The number of cyclic esters (lactones) is 1. The van der Waals surface area contributed by atoms with Crippen LogP contribution in [0.5, 0.6) is 0 Å². The van der Waals surface area contributed by atoms with Crippen molar-refractivity contribution in [1.29, 1.82) is 0 Å². The van der Waals surface area contributed by atoms with Gasteiger partial charge in [-0.15, -0.1) is 0 Å². The summed E-state index contributed by atoms with van der Waals surface area (Å²) in [5.74, 6) is -0.841. The van der Waals surface area contributed by atoms with Gasteiger partial charge in [-0.3, -0.25) is 9.67 Å². The number of carbonyl (C=O) groups excluding carboxylic acids is 1. The second kappa shape index (κ2) is 4.16. The molecule has 0 bridgehead atoms. The molecule has 0 saturated heterocycles. The summed E-state index contributed by atoms with van der Waals surface area (Å²) < 4.78 is 19.8. The molecule has 0 atom stereocenters. The molecule has 3 rings (SSSR count). The number of hydrogen-bond donors (Lipinski definition) is 0. The van der Waals surface area contributed by atoms with Crippen LogP contribution >= 0.6 is 15.9 Å². The Morgan fingerprint density at radius 3 is 2.94 bits per heavy atom. The van der Waals surface area contributed by atoms with Gasteiger partial charge in [0, 0.05) is 0 Å². The van der Waals surface area contributed by atoms with Gasteiger partial charge in [-0.1, -0.05) is 0 Å². The summed E-state index contributed by atoms with van der Waals surface area (Å²) >= 11 is 3.31. The number of nitrogens with zero attached hydrogens (tertiary/aromatic N) is 3. The van der Waals surface area contributed by atoms with Crippen molar-refractivity contribution in [2.75, 3.05) is 6.61 Å². The lowest BCUT2D eigenvalue weighted by Gasteiger charge is -2.12. The van der Waals surface area contributed by atoms with Gasteiger partial charge in [0.05, 0.1) is 22.9 Å². The number of rotatable bonds is 1. The highest BCUT2D eigenvalue weighted by Gasteiger charge is 2.27. The van der Waals surface area contributed by atoms with Gasteiger partial charge >= 0.3 is 5.97 Å². The molecular formula is C11H7BrFN3O2. The summed E-state index contributed by atoms with van der Waals surface area (Å²) in [7, 11) is 0. The summed E-state index contributed by atoms with van der Waals surface area (Å²) in [6.07, 6.45) is 1.11. The lowest BCUT2D eigenvalue weighted by Crippen LogP contribution is -2.23. The fourth-order valence-corrected chi connectivity index (χ4v) is 2.42. The molecule has 1 aliphatic rings. The first-order valence-electron chi connectivity index (χ1n) is 5.22. The van der Waals surface area contributed by atoms with E-state index in [-0.39, 0.29) is 0 Å². The maximum atomic E-state index is 12.8. The Kier molecular flexibility index (Phi) is 2.62. The van der Waals surface area contributed by atoms with Crippen molar-refractivity contribution in [3.63, 3.8) is 0 Å². The van der Waals surface area contributed by atoms with Crippen molar-refractivity contribution >= 4 is 21.9 Å². The van der Waals surface area contributed by atoms with Crippen molar-refractivity contribution in [1.82, 2.24) is 14.8 Å². The quantitative estimate of drug-likeness (QED) is 0.756. The second-order valence-electron chi connectivity index (χ2n) is 3.73. The molecule has 0 aliphatic carbocycles. The Morgan fingerprint density at radius 2 is 2.28 bits per heavy atom. The molecule has 3 heterocycles. The summed E-state index contributed by atoms with van der Waals surface area (Å²) in [5, 5.41) is 4.28. The van der Waals surface area contributed by atoms with Gasteiger partial charge in [-0.25, -0.2) is 9.18 Å². The molecule has 18 heavy (non-hydrogen) atoms. The van der Waals surface area contributed by atoms with Crippen LogP contribution in [0.3, 0.4) is 0 Å². The molecule has 0 saturated carbocycles. The Hall–Kier alpha value is -1.76. The van der Waals surface area contributed by atoms with Crippen LogP contribution in [0.1, 0.15) is 10.5 Å². The van der Waals surface area contributed by atoms with E-state index in [0.717, 1.165) is 6.20 Å². The van der Waals surface area contributed by atoms with Crippen molar-refractivity contribution in [3.05, 3.63) is 34.3 Å². The first-order valence-corrected chi connectivity index (χ1v) is 6.01. The molecule has 0 radical (unpaired) electrons. The van der Waals surface area contributed by atoms with E-state index in [1.165, 1.54) is 12.1 Å². The predicted octanol–water partition coefficient (Wildman–Crippen LogP) is 2.02. The van der Waals surface area contributed by atoms with Crippen LogP contribution in [-0.2, 0) is 11.3 Å². The average Bonchev–Trinajstić information content (AvgIpc) is 2.69. The van der Waals surface area contributed by atoms with E-state index in [9.17, 15) is 9.18 Å². The van der Waals surface area contributed by atoms with E-state index in [2.05, 4.69) is 26.0 Å². The van der Waals surface area contributed by atoms with Gasteiger partial charge < -0.3 is 4.74 Å². The average molecular weight is 312 g/mol. The van der Waals surface area contributed by atoms with Crippen LogP contribution in [0.15, 0.2) is 22.8 Å². The summed E-state index contributed by atoms with van der Waals surface area (Å²) in [6.45, 7) is 0.803. The molecule has 0 unspecified atom stereocenters.